The van der Waals surface area contributed by atoms with Crippen LogP contribution in [0.3, 0.4) is 0 Å². The summed E-state index contributed by atoms with van der Waals surface area (Å²) in [6, 6.07) is 6.16. The first-order valence-electron chi connectivity index (χ1n) is 9.63. The van der Waals surface area contributed by atoms with E-state index in [1.165, 1.54) is 22.6 Å². The molecule has 0 amide bonds. The van der Waals surface area contributed by atoms with Crippen LogP contribution in [0, 0.1) is 26.7 Å². The molecule has 6 nitrogen and oxygen atoms in total. The Balaban J connectivity index is 1.27. The van der Waals surface area contributed by atoms with Gasteiger partial charge in [-0.05, 0) is 51.2 Å². The van der Waals surface area contributed by atoms with Gasteiger partial charge in [-0.3, -0.25) is 4.98 Å². The molecule has 2 atom stereocenters. The Morgan fingerprint density at radius 3 is 2.79 bits per heavy atom. The maximum absolute atomic E-state index is 5.92. The van der Waals surface area contributed by atoms with Gasteiger partial charge in [0.25, 0.3) is 0 Å². The zero-order chi connectivity index (χ0) is 19.5. The third-order valence-corrected chi connectivity index (χ3v) is 5.82. The molecule has 7 heteroatoms. The zero-order valence-corrected chi connectivity index (χ0v) is 17.3. The molecule has 146 valence electrons. The number of nitrogens with zero attached hydrogens (tertiary/aromatic N) is 4. The monoisotopic (exact) mass is 395 g/mol. The predicted molar refractivity (Wildman–Crippen MR) is 111 cm³/mol. The minimum atomic E-state index is 0.580. The summed E-state index contributed by atoms with van der Waals surface area (Å²) < 4.78 is 5.92. The van der Waals surface area contributed by atoms with Gasteiger partial charge >= 0.3 is 0 Å². The van der Waals surface area contributed by atoms with E-state index in [4.69, 9.17) is 4.74 Å². The minimum Gasteiger partial charge on any atom is -0.478 e. The summed E-state index contributed by atoms with van der Waals surface area (Å²) in [4.78, 5) is 18.9. The highest BCUT2D eigenvalue weighted by Gasteiger charge is 2.38. The molecule has 0 aromatic carbocycles. The Kier molecular flexibility index (Phi) is 5.52. The van der Waals surface area contributed by atoms with Gasteiger partial charge in [0.05, 0.1) is 18.2 Å². The van der Waals surface area contributed by atoms with Crippen LogP contribution in [-0.2, 0) is 6.54 Å². The van der Waals surface area contributed by atoms with Crippen LogP contribution in [0.15, 0.2) is 30.6 Å². The van der Waals surface area contributed by atoms with Crippen molar-refractivity contribution in [2.24, 2.45) is 5.92 Å². The summed E-state index contributed by atoms with van der Waals surface area (Å²) in [5.74, 6) is 3.35. The molecule has 1 fully saturated rings. The molecule has 3 aromatic rings. The average molecular weight is 396 g/mol. The largest absolute Gasteiger partial charge is 0.478 e. The van der Waals surface area contributed by atoms with Crippen molar-refractivity contribution >= 4 is 17.2 Å². The van der Waals surface area contributed by atoms with E-state index in [1.54, 1.807) is 11.3 Å². The van der Waals surface area contributed by atoms with Gasteiger partial charge < -0.3 is 10.1 Å². The maximum Gasteiger partial charge on any atom is 0.218 e. The van der Waals surface area contributed by atoms with Gasteiger partial charge in [-0.25, -0.2) is 9.97 Å². The van der Waals surface area contributed by atoms with Crippen molar-refractivity contribution in [3.8, 4) is 5.88 Å². The summed E-state index contributed by atoms with van der Waals surface area (Å²) in [6.45, 7) is 7.33. The van der Waals surface area contributed by atoms with Gasteiger partial charge in [0.15, 0.2) is 0 Å². The molecular formula is C21H25N5OS. The molecule has 28 heavy (non-hydrogen) atoms. The lowest BCUT2D eigenvalue weighted by atomic mass is 10.1. The molecule has 1 aliphatic carbocycles. The van der Waals surface area contributed by atoms with Gasteiger partial charge in [-0.2, -0.15) is 4.98 Å². The Hall–Kier alpha value is -2.54. The smallest absolute Gasteiger partial charge is 0.218 e. The van der Waals surface area contributed by atoms with Crippen molar-refractivity contribution < 1.29 is 4.74 Å². The molecule has 3 heterocycles. The standard InChI is InChI=1S/C21H25N5OS/c1-13-4-5-19(23-10-13)18-8-16(18)6-7-27-21-9-20(25-14(2)26-21)24-12-17-11-22-15(3)28-17/h4-5,9-11,16,18H,6-8,12H2,1-3H3,(H,24,25,26). The van der Waals surface area contributed by atoms with Gasteiger partial charge in [0.1, 0.15) is 11.6 Å². The Labute approximate surface area is 169 Å². The summed E-state index contributed by atoms with van der Waals surface area (Å²) in [7, 11) is 0. The quantitative estimate of drug-likeness (QED) is 0.608. The van der Waals surface area contributed by atoms with E-state index >= 15 is 0 Å². The number of rotatable bonds is 8. The van der Waals surface area contributed by atoms with E-state index < -0.39 is 0 Å². The number of pyridine rings is 1. The summed E-state index contributed by atoms with van der Waals surface area (Å²) >= 11 is 1.69. The second-order valence-corrected chi connectivity index (χ2v) is 8.66. The van der Waals surface area contributed by atoms with Crippen LogP contribution in [0.25, 0.3) is 0 Å². The second-order valence-electron chi connectivity index (χ2n) is 7.34. The molecule has 0 radical (unpaired) electrons. The van der Waals surface area contributed by atoms with Crippen LogP contribution < -0.4 is 10.1 Å². The topological polar surface area (TPSA) is 72.8 Å². The third kappa shape index (κ3) is 4.84. The lowest BCUT2D eigenvalue weighted by Crippen LogP contribution is -2.06. The van der Waals surface area contributed by atoms with Crippen molar-refractivity contribution in [3.05, 3.63) is 57.6 Å². The molecule has 4 rings (SSSR count). The van der Waals surface area contributed by atoms with E-state index in [0.29, 0.717) is 36.7 Å². The fourth-order valence-corrected chi connectivity index (χ4v) is 4.05. The number of nitrogens with one attached hydrogen (secondary N) is 1. The minimum absolute atomic E-state index is 0.580. The summed E-state index contributed by atoms with van der Waals surface area (Å²) in [6.07, 6.45) is 6.07. The number of anilines is 1. The summed E-state index contributed by atoms with van der Waals surface area (Å²) in [5, 5.41) is 4.40. The van der Waals surface area contributed by atoms with Crippen LogP contribution in [0.4, 0.5) is 5.82 Å². The third-order valence-electron chi connectivity index (χ3n) is 4.90. The number of aromatic nitrogens is 4. The number of ether oxygens (including phenoxy) is 1. The van der Waals surface area contributed by atoms with Crippen molar-refractivity contribution in [2.45, 2.75) is 46.1 Å². The van der Waals surface area contributed by atoms with E-state index in [1.807, 2.05) is 32.3 Å². The number of hydrogen-bond donors (Lipinski definition) is 1. The van der Waals surface area contributed by atoms with E-state index in [2.05, 4.69) is 44.3 Å². The van der Waals surface area contributed by atoms with Crippen LogP contribution in [-0.4, -0.2) is 26.5 Å². The predicted octanol–water partition coefficient (Wildman–Crippen LogP) is 4.44. The van der Waals surface area contributed by atoms with Crippen molar-refractivity contribution in [2.75, 3.05) is 11.9 Å². The number of thiazole rings is 1. The van der Waals surface area contributed by atoms with Gasteiger partial charge in [-0.1, -0.05) is 6.07 Å². The molecule has 0 aliphatic heterocycles. The van der Waals surface area contributed by atoms with Crippen LogP contribution in [0.5, 0.6) is 5.88 Å². The van der Waals surface area contributed by atoms with E-state index in [-0.39, 0.29) is 0 Å². The van der Waals surface area contributed by atoms with E-state index in [0.717, 1.165) is 17.2 Å². The van der Waals surface area contributed by atoms with E-state index in [9.17, 15) is 0 Å². The average Bonchev–Trinajstić information content (AvgIpc) is 3.31. The molecule has 1 saturated carbocycles. The fraction of sp³-hybridized carbons (Fsp3) is 0.429. The van der Waals surface area contributed by atoms with Crippen LogP contribution in [0.1, 0.15) is 45.7 Å². The van der Waals surface area contributed by atoms with Gasteiger partial charge in [0.2, 0.25) is 5.88 Å². The van der Waals surface area contributed by atoms with Crippen LogP contribution >= 0.6 is 11.3 Å². The molecule has 2 unspecified atom stereocenters. The lowest BCUT2D eigenvalue weighted by Gasteiger charge is -2.09. The second kappa shape index (κ2) is 8.22. The molecular weight excluding hydrogens is 370 g/mol. The lowest BCUT2D eigenvalue weighted by molar-refractivity contribution is 0.289. The number of hydrogen-bond acceptors (Lipinski definition) is 7. The molecule has 3 aromatic heterocycles. The molecule has 0 spiro atoms. The molecule has 1 N–H and O–H groups in total. The Bertz CT molecular complexity index is 940. The highest BCUT2D eigenvalue weighted by Crippen LogP contribution is 2.48. The first kappa shape index (κ1) is 18.8. The Morgan fingerprint density at radius 2 is 2.04 bits per heavy atom. The maximum atomic E-state index is 5.92. The van der Waals surface area contributed by atoms with Crippen molar-refractivity contribution in [1.29, 1.82) is 0 Å². The summed E-state index contributed by atoms with van der Waals surface area (Å²) in [5.41, 5.74) is 2.41. The Morgan fingerprint density at radius 1 is 1.14 bits per heavy atom. The van der Waals surface area contributed by atoms with Crippen molar-refractivity contribution in [3.63, 3.8) is 0 Å². The van der Waals surface area contributed by atoms with Crippen LogP contribution in [0.2, 0.25) is 0 Å². The van der Waals surface area contributed by atoms with Gasteiger partial charge in [-0.15, -0.1) is 11.3 Å². The first-order valence-corrected chi connectivity index (χ1v) is 10.4. The number of aryl methyl sites for hydroxylation is 3. The highest BCUT2D eigenvalue weighted by atomic mass is 32.1. The van der Waals surface area contributed by atoms with Gasteiger partial charge in [0, 0.05) is 34.9 Å². The highest BCUT2D eigenvalue weighted by molar-refractivity contribution is 7.11. The molecule has 0 saturated heterocycles. The molecule has 0 bridgehead atoms. The SMILES string of the molecule is Cc1ccc(C2CC2CCOc2cc(NCc3cnc(C)s3)nc(C)n2)nc1. The molecule has 1 aliphatic rings. The van der Waals surface area contributed by atoms with Crippen molar-refractivity contribution in [1.82, 2.24) is 19.9 Å². The first-order chi connectivity index (χ1) is 13.6. The fourth-order valence-electron chi connectivity index (χ4n) is 3.31. The normalized spacial score (nSPS) is 18.1. The zero-order valence-electron chi connectivity index (χ0n) is 16.5.